The van der Waals surface area contributed by atoms with Crippen molar-refractivity contribution in [2.75, 3.05) is 6.61 Å². The van der Waals surface area contributed by atoms with Gasteiger partial charge in [-0.1, -0.05) is 53.7 Å². The minimum absolute atomic E-state index is 0.0804. The Labute approximate surface area is 194 Å². The van der Waals surface area contributed by atoms with Gasteiger partial charge in [-0.05, 0) is 43.4 Å². The maximum atomic E-state index is 12.8. The highest BCUT2D eigenvalue weighted by Gasteiger charge is 2.34. The number of aliphatic hydroxyl groups is 1. The van der Waals surface area contributed by atoms with Crippen LogP contribution in [0.1, 0.15) is 36.1 Å². The van der Waals surface area contributed by atoms with Gasteiger partial charge in [0.05, 0.1) is 35.4 Å². The summed E-state index contributed by atoms with van der Waals surface area (Å²) in [6.07, 6.45) is 4.01. The zero-order chi connectivity index (χ0) is 23.3. The van der Waals surface area contributed by atoms with Gasteiger partial charge in [0.15, 0.2) is 0 Å². The number of hydrogen-bond donors (Lipinski definition) is 2. The molecular weight excluding hydrogens is 440 g/mol. The Bertz CT molecular complexity index is 1150. The van der Waals surface area contributed by atoms with Crippen LogP contribution in [0.5, 0.6) is 0 Å². The quantitative estimate of drug-likeness (QED) is 0.498. The molecule has 1 aromatic heterocycles. The van der Waals surface area contributed by atoms with Gasteiger partial charge in [-0.3, -0.25) is 4.68 Å². The number of ether oxygens (including phenoxy) is 1. The van der Waals surface area contributed by atoms with Gasteiger partial charge in [-0.25, -0.2) is 13.1 Å². The number of aliphatic hydroxyl groups excluding tert-OH is 1. The SMILES string of the molecule is Cc1ccccc1S(=O)(=O)N[C@H]1CC[C@@H](CCn2cc(Cc3ccccc3)nn2)O[C@H]1CO. The van der Waals surface area contributed by atoms with Crippen molar-refractivity contribution in [1.29, 1.82) is 0 Å². The summed E-state index contributed by atoms with van der Waals surface area (Å²) in [6, 6.07) is 16.5. The maximum Gasteiger partial charge on any atom is 0.241 e. The molecule has 1 aliphatic rings. The summed E-state index contributed by atoms with van der Waals surface area (Å²) in [6.45, 7) is 2.16. The van der Waals surface area contributed by atoms with E-state index in [1.807, 2.05) is 29.1 Å². The van der Waals surface area contributed by atoms with Crippen molar-refractivity contribution in [3.05, 3.63) is 77.6 Å². The van der Waals surface area contributed by atoms with Crippen LogP contribution >= 0.6 is 0 Å². The minimum atomic E-state index is -3.69. The van der Waals surface area contributed by atoms with Gasteiger partial charge in [0.2, 0.25) is 10.0 Å². The van der Waals surface area contributed by atoms with Crippen LogP contribution in [0, 0.1) is 6.92 Å². The van der Waals surface area contributed by atoms with Gasteiger partial charge < -0.3 is 9.84 Å². The summed E-state index contributed by atoms with van der Waals surface area (Å²) in [5, 5.41) is 18.3. The number of sulfonamides is 1. The predicted molar refractivity (Wildman–Crippen MR) is 124 cm³/mol. The summed E-state index contributed by atoms with van der Waals surface area (Å²) >= 11 is 0. The Kier molecular flexibility index (Phi) is 7.54. The standard InChI is InChI=1S/C24H30N4O4S/c1-18-7-5-6-10-24(18)33(30,31)26-22-12-11-21(32-23(22)17-29)13-14-28-16-20(25-27-28)15-19-8-3-2-4-9-19/h2-10,16,21-23,26,29H,11-15,17H2,1H3/t21-,22-,23-/m0/s1. The molecule has 0 spiro atoms. The van der Waals surface area contributed by atoms with Crippen molar-refractivity contribution >= 4 is 10.0 Å². The molecule has 2 aromatic carbocycles. The van der Waals surface area contributed by atoms with E-state index in [0.717, 1.165) is 12.1 Å². The highest BCUT2D eigenvalue weighted by molar-refractivity contribution is 7.89. The lowest BCUT2D eigenvalue weighted by Gasteiger charge is -2.36. The fourth-order valence-electron chi connectivity index (χ4n) is 4.21. The van der Waals surface area contributed by atoms with Crippen molar-refractivity contribution < 1.29 is 18.3 Å². The monoisotopic (exact) mass is 470 g/mol. The summed E-state index contributed by atoms with van der Waals surface area (Å²) in [4.78, 5) is 0.251. The number of aromatic nitrogens is 3. The van der Waals surface area contributed by atoms with Crippen molar-refractivity contribution in [1.82, 2.24) is 19.7 Å². The zero-order valence-electron chi connectivity index (χ0n) is 18.7. The Hall–Kier alpha value is -2.59. The number of nitrogens with one attached hydrogen (secondary N) is 1. The van der Waals surface area contributed by atoms with Gasteiger partial charge >= 0.3 is 0 Å². The second kappa shape index (κ2) is 10.6. The molecule has 8 nitrogen and oxygen atoms in total. The lowest BCUT2D eigenvalue weighted by atomic mass is 9.98. The summed E-state index contributed by atoms with van der Waals surface area (Å²) in [7, 11) is -3.69. The second-order valence-corrected chi connectivity index (χ2v) is 10.2. The lowest BCUT2D eigenvalue weighted by molar-refractivity contribution is -0.0891. The van der Waals surface area contributed by atoms with E-state index >= 15 is 0 Å². The molecule has 176 valence electrons. The van der Waals surface area contributed by atoms with Crippen molar-refractivity contribution in [3.63, 3.8) is 0 Å². The van der Waals surface area contributed by atoms with Crippen molar-refractivity contribution in [2.45, 2.75) is 62.3 Å². The van der Waals surface area contributed by atoms with Gasteiger partial charge in [0, 0.05) is 19.2 Å². The van der Waals surface area contributed by atoms with Crippen molar-refractivity contribution in [2.24, 2.45) is 0 Å². The summed E-state index contributed by atoms with van der Waals surface area (Å²) < 4.78 is 36.3. The second-order valence-electron chi connectivity index (χ2n) is 8.47. The molecule has 1 fully saturated rings. The summed E-state index contributed by atoms with van der Waals surface area (Å²) in [5.41, 5.74) is 2.77. The molecule has 0 saturated carbocycles. The third-order valence-electron chi connectivity index (χ3n) is 5.98. The van der Waals surface area contributed by atoms with Crippen LogP contribution in [0.2, 0.25) is 0 Å². The topological polar surface area (TPSA) is 106 Å². The van der Waals surface area contributed by atoms with Gasteiger partial charge in [0.25, 0.3) is 0 Å². The normalized spacial score (nSPS) is 21.2. The number of hydrogen-bond acceptors (Lipinski definition) is 6. The number of aryl methyl sites for hydroxylation is 2. The largest absolute Gasteiger partial charge is 0.394 e. The van der Waals surface area contributed by atoms with E-state index < -0.39 is 22.2 Å². The van der Waals surface area contributed by atoms with Gasteiger partial charge in [-0.2, -0.15) is 0 Å². The molecule has 0 radical (unpaired) electrons. The number of rotatable bonds is 9. The highest BCUT2D eigenvalue weighted by Crippen LogP contribution is 2.24. The first-order valence-corrected chi connectivity index (χ1v) is 12.7. The molecule has 0 bridgehead atoms. The number of benzene rings is 2. The average molecular weight is 471 g/mol. The van der Waals surface area contributed by atoms with Gasteiger partial charge in [0.1, 0.15) is 0 Å². The fourth-order valence-corrected chi connectivity index (χ4v) is 5.75. The highest BCUT2D eigenvalue weighted by atomic mass is 32.2. The van der Waals surface area contributed by atoms with Crippen LogP contribution < -0.4 is 4.72 Å². The van der Waals surface area contributed by atoms with Gasteiger partial charge in [-0.15, -0.1) is 5.10 Å². The van der Waals surface area contributed by atoms with E-state index in [4.69, 9.17) is 4.74 Å². The molecular formula is C24H30N4O4S. The first-order valence-electron chi connectivity index (χ1n) is 11.2. The minimum Gasteiger partial charge on any atom is -0.394 e. The lowest BCUT2D eigenvalue weighted by Crippen LogP contribution is -2.51. The molecule has 0 amide bonds. The molecule has 3 aromatic rings. The first kappa shape index (κ1) is 23.6. The smallest absolute Gasteiger partial charge is 0.241 e. The molecule has 3 atom stereocenters. The Morgan fingerprint density at radius 1 is 1.12 bits per heavy atom. The molecule has 33 heavy (non-hydrogen) atoms. The van der Waals surface area contributed by atoms with E-state index in [1.54, 1.807) is 31.2 Å². The van der Waals surface area contributed by atoms with E-state index in [9.17, 15) is 13.5 Å². The van der Waals surface area contributed by atoms with Crippen LogP contribution in [-0.2, 0) is 27.7 Å². The molecule has 0 unspecified atom stereocenters. The van der Waals surface area contributed by atoms with Crippen LogP contribution in [0.3, 0.4) is 0 Å². The average Bonchev–Trinajstić information content (AvgIpc) is 3.26. The Morgan fingerprint density at radius 3 is 2.64 bits per heavy atom. The van der Waals surface area contributed by atoms with Crippen LogP contribution in [0.25, 0.3) is 0 Å². The maximum absolute atomic E-state index is 12.8. The Morgan fingerprint density at radius 2 is 1.88 bits per heavy atom. The summed E-state index contributed by atoms with van der Waals surface area (Å²) in [5.74, 6) is 0. The van der Waals surface area contributed by atoms with Crippen LogP contribution in [0.4, 0.5) is 0 Å². The molecule has 1 saturated heterocycles. The van der Waals surface area contributed by atoms with E-state index in [-0.39, 0.29) is 17.6 Å². The number of nitrogens with zero attached hydrogens (tertiary/aromatic N) is 3. The first-order chi connectivity index (χ1) is 15.9. The molecule has 2 heterocycles. The Balaban J connectivity index is 1.30. The van der Waals surface area contributed by atoms with Crippen molar-refractivity contribution in [3.8, 4) is 0 Å². The van der Waals surface area contributed by atoms with E-state index in [2.05, 4.69) is 27.2 Å². The zero-order valence-corrected chi connectivity index (χ0v) is 19.5. The van der Waals surface area contributed by atoms with E-state index in [1.165, 1.54) is 5.56 Å². The molecule has 0 aliphatic carbocycles. The molecule has 2 N–H and O–H groups in total. The third-order valence-corrected chi connectivity index (χ3v) is 7.63. The third kappa shape index (κ3) is 6.05. The molecule has 9 heteroatoms. The predicted octanol–water partition coefficient (Wildman–Crippen LogP) is 2.45. The van der Waals surface area contributed by atoms with Crippen LogP contribution in [-0.4, -0.2) is 53.4 Å². The van der Waals surface area contributed by atoms with Crippen LogP contribution in [0.15, 0.2) is 65.7 Å². The van der Waals surface area contributed by atoms with E-state index in [0.29, 0.717) is 31.4 Å². The molecule has 1 aliphatic heterocycles. The fraction of sp³-hybridized carbons (Fsp3) is 0.417. The molecule has 4 rings (SSSR count).